The van der Waals surface area contributed by atoms with Crippen LogP contribution in [0.1, 0.15) is 10.4 Å². The summed E-state index contributed by atoms with van der Waals surface area (Å²) in [7, 11) is 3.09. The monoisotopic (exact) mass is 217 g/mol. The van der Waals surface area contributed by atoms with Crippen molar-refractivity contribution in [1.29, 1.82) is 0 Å². The number of hydrogen-bond acceptors (Lipinski definition) is 3. The number of methoxy groups -OCH3 is 1. The quantitative estimate of drug-likeness (QED) is 0.713. The fraction of sp³-hybridized carbons (Fsp3) is 0.167. The summed E-state index contributed by atoms with van der Waals surface area (Å²) >= 11 is 0. The maximum atomic E-state index is 11.8. The molecule has 0 aliphatic rings. The topological polar surface area (TPSA) is 48.3 Å². The number of aldehydes is 1. The number of rotatable bonds is 2. The summed E-state index contributed by atoms with van der Waals surface area (Å²) < 4.78 is 6.59. The van der Waals surface area contributed by atoms with Crippen LogP contribution in [-0.2, 0) is 7.05 Å². The normalized spacial score (nSPS) is 10.4. The Morgan fingerprint density at radius 2 is 2.00 bits per heavy atom. The van der Waals surface area contributed by atoms with Crippen LogP contribution < -0.4 is 10.3 Å². The van der Waals surface area contributed by atoms with Crippen molar-refractivity contribution >= 4 is 17.2 Å². The van der Waals surface area contributed by atoms with Gasteiger partial charge in [0, 0.05) is 12.4 Å². The van der Waals surface area contributed by atoms with E-state index in [1.54, 1.807) is 7.05 Å². The Hall–Kier alpha value is -2.10. The Kier molecular flexibility index (Phi) is 2.48. The van der Waals surface area contributed by atoms with Crippen LogP contribution in [0.2, 0.25) is 0 Å². The van der Waals surface area contributed by atoms with Gasteiger partial charge in [-0.05, 0) is 12.1 Å². The average molecular weight is 217 g/mol. The van der Waals surface area contributed by atoms with Crippen LogP contribution in [0.15, 0.2) is 29.1 Å². The van der Waals surface area contributed by atoms with E-state index in [1.807, 2.05) is 24.3 Å². The van der Waals surface area contributed by atoms with Crippen LogP contribution in [0, 0.1) is 0 Å². The van der Waals surface area contributed by atoms with Crippen molar-refractivity contribution in [2.45, 2.75) is 0 Å². The van der Waals surface area contributed by atoms with Crippen LogP contribution in [0.3, 0.4) is 0 Å². The molecule has 0 aliphatic carbocycles. The van der Waals surface area contributed by atoms with Gasteiger partial charge in [-0.25, -0.2) is 0 Å². The summed E-state index contributed by atoms with van der Waals surface area (Å²) in [6, 6.07) is 7.31. The van der Waals surface area contributed by atoms with E-state index in [-0.39, 0.29) is 11.1 Å². The van der Waals surface area contributed by atoms with Gasteiger partial charge in [0.1, 0.15) is 11.3 Å². The molecule has 0 atom stereocenters. The number of nitrogens with zero attached hydrogens (tertiary/aromatic N) is 1. The number of hydrogen-bond donors (Lipinski definition) is 0. The van der Waals surface area contributed by atoms with E-state index >= 15 is 0 Å². The number of carbonyl (C=O) groups is 1. The van der Waals surface area contributed by atoms with E-state index in [0.29, 0.717) is 12.0 Å². The number of carbonyl (C=O) groups excluding carboxylic acids is 1. The molecule has 2 aromatic rings. The number of benzene rings is 1. The molecule has 0 saturated carbocycles. The van der Waals surface area contributed by atoms with Crippen molar-refractivity contribution in [3.63, 3.8) is 0 Å². The molecule has 0 spiro atoms. The zero-order chi connectivity index (χ0) is 11.7. The van der Waals surface area contributed by atoms with Crippen molar-refractivity contribution in [3.8, 4) is 5.75 Å². The number of aryl methyl sites for hydroxylation is 1. The zero-order valence-electron chi connectivity index (χ0n) is 9.06. The SMILES string of the molecule is COc1c(C=O)c(=O)n(C)c2ccccc12. The maximum absolute atomic E-state index is 11.8. The predicted molar refractivity (Wildman–Crippen MR) is 61.1 cm³/mol. The molecular formula is C12H11NO3. The Balaban J connectivity index is 3.06. The maximum Gasteiger partial charge on any atom is 0.265 e. The second-order valence-electron chi connectivity index (χ2n) is 3.45. The highest BCUT2D eigenvalue weighted by Gasteiger charge is 2.14. The Labute approximate surface area is 92.1 Å². The molecule has 16 heavy (non-hydrogen) atoms. The molecule has 0 N–H and O–H groups in total. The van der Waals surface area contributed by atoms with E-state index in [9.17, 15) is 9.59 Å². The average Bonchev–Trinajstić information content (AvgIpc) is 2.33. The minimum atomic E-state index is -0.342. The van der Waals surface area contributed by atoms with Crippen LogP contribution in [0.4, 0.5) is 0 Å². The first-order valence-electron chi connectivity index (χ1n) is 4.81. The number of ether oxygens (including phenoxy) is 1. The third-order valence-electron chi connectivity index (χ3n) is 2.61. The second-order valence-corrected chi connectivity index (χ2v) is 3.45. The molecule has 1 heterocycles. The van der Waals surface area contributed by atoms with Gasteiger partial charge >= 0.3 is 0 Å². The Morgan fingerprint density at radius 3 is 2.62 bits per heavy atom. The fourth-order valence-corrected chi connectivity index (χ4v) is 1.81. The van der Waals surface area contributed by atoms with Gasteiger partial charge in [0.25, 0.3) is 5.56 Å². The molecule has 1 aromatic heterocycles. The molecule has 0 radical (unpaired) electrons. The van der Waals surface area contributed by atoms with Crippen LogP contribution in [0.25, 0.3) is 10.9 Å². The standard InChI is InChI=1S/C12H11NO3/c1-13-10-6-4-3-5-8(10)11(16-2)9(7-14)12(13)15/h3-7H,1-2H3. The van der Waals surface area contributed by atoms with Gasteiger partial charge < -0.3 is 9.30 Å². The number of fused-ring (bicyclic) bond motifs is 1. The molecule has 1 aromatic carbocycles. The van der Waals surface area contributed by atoms with E-state index in [0.717, 1.165) is 10.9 Å². The Morgan fingerprint density at radius 1 is 1.31 bits per heavy atom. The molecule has 0 amide bonds. The van der Waals surface area contributed by atoms with Crippen LogP contribution >= 0.6 is 0 Å². The van der Waals surface area contributed by atoms with Crippen molar-refractivity contribution in [2.24, 2.45) is 7.05 Å². The van der Waals surface area contributed by atoms with Crippen molar-refractivity contribution in [3.05, 3.63) is 40.2 Å². The van der Waals surface area contributed by atoms with E-state index < -0.39 is 0 Å². The first-order valence-corrected chi connectivity index (χ1v) is 4.81. The Bertz CT molecular complexity index is 613. The molecule has 0 unspecified atom stereocenters. The zero-order valence-corrected chi connectivity index (χ0v) is 9.06. The number of aromatic nitrogens is 1. The van der Waals surface area contributed by atoms with Gasteiger partial charge in [-0.2, -0.15) is 0 Å². The number of para-hydroxylation sites is 1. The van der Waals surface area contributed by atoms with E-state index in [1.165, 1.54) is 11.7 Å². The highest BCUT2D eigenvalue weighted by atomic mass is 16.5. The summed E-state index contributed by atoms with van der Waals surface area (Å²) in [6.07, 6.45) is 0.535. The van der Waals surface area contributed by atoms with E-state index in [2.05, 4.69) is 0 Å². The van der Waals surface area contributed by atoms with Gasteiger partial charge in [0.15, 0.2) is 6.29 Å². The molecule has 0 bridgehead atoms. The highest BCUT2D eigenvalue weighted by molar-refractivity contribution is 5.93. The lowest BCUT2D eigenvalue weighted by atomic mass is 10.1. The molecular weight excluding hydrogens is 206 g/mol. The van der Waals surface area contributed by atoms with Gasteiger partial charge in [0.05, 0.1) is 12.6 Å². The van der Waals surface area contributed by atoms with Crippen molar-refractivity contribution in [2.75, 3.05) is 7.11 Å². The first kappa shape index (κ1) is 10.4. The van der Waals surface area contributed by atoms with Crippen molar-refractivity contribution in [1.82, 2.24) is 4.57 Å². The first-order chi connectivity index (χ1) is 7.70. The van der Waals surface area contributed by atoms with Crippen molar-refractivity contribution < 1.29 is 9.53 Å². The summed E-state index contributed by atoms with van der Waals surface area (Å²) in [5, 5.41) is 0.759. The fourth-order valence-electron chi connectivity index (χ4n) is 1.81. The lowest BCUT2D eigenvalue weighted by Crippen LogP contribution is -2.22. The molecule has 0 aliphatic heterocycles. The third-order valence-corrected chi connectivity index (χ3v) is 2.61. The third kappa shape index (κ3) is 1.31. The van der Waals surface area contributed by atoms with E-state index in [4.69, 9.17) is 4.74 Å². The molecule has 4 nitrogen and oxygen atoms in total. The van der Waals surface area contributed by atoms with Gasteiger partial charge in [0.2, 0.25) is 0 Å². The molecule has 4 heteroatoms. The lowest BCUT2D eigenvalue weighted by molar-refractivity contribution is 0.111. The molecule has 0 fully saturated rings. The smallest absolute Gasteiger partial charge is 0.265 e. The predicted octanol–water partition coefficient (Wildman–Crippen LogP) is 1.36. The van der Waals surface area contributed by atoms with Crippen LogP contribution in [0.5, 0.6) is 5.75 Å². The lowest BCUT2D eigenvalue weighted by Gasteiger charge is -2.11. The minimum absolute atomic E-state index is 0.0590. The second kappa shape index (κ2) is 3.81. The molecule has 82 valence electrons. The van der Waals surface area contributed by atoms with Crippen LogP contribution in [-0.4, -0.2) is 18.0 Å². The molecule has 0 saturated heterocycles. The molecule has 2 rings (SSSR count). The summed E-state index contributed by atoms with van der Waals surface area (Å²) in [4.78, 5) is 22.8. The minimum Gasteiger partial charge on any atom is -0.495 e. The summed E-state index contributed by atoms with van der Waals surface area (Å²) in [5.41, 5.74) is 0.462. The largest absolute Gasteiger partial charge is 0.495 e. The summed E-state index contributed by atoms with van der Waals surface area (Å²) in [5.74, 6) is 0.341. The highest BCUT2D eigenvalue weighted by Crippen LogP contribution is 2.25. The van der Waals surface area contributed by atoms with Gasteiger partial charge in [-0.1, -0.05) is 12.1 Å². The number of pyridine rings is 1. The van der Waals surface area contributed by atoms with Gasteiger partial charge in [-0.3, -0.25) is 9.59 Å². The summed E-state index contributed by atoms with van der Waals surface area (Å²) in [6.45, 7) is 0. The van der Waals surface area contributed by atoms with Gasteiger partial charge in [-0.15, -0.1) is 0 Å².